The van der Waals surface area contributed by atoms with Crippen LogP contribution in [-0.2, 0) is 0 Å². The number of nitrogens with zero attached hydrogens (tertiary/aromatic N) is 1. The number of hydrogen-bond donors (Lipinski definition) is 0. The first-order valence-electron chi connectivity index (χ1n) is 6.20. The molecule has 3 nitrogen and oxygen atoms in total. The number of carbonyl (C=O) groups is 1. The van der Waals surface area contributed by atoms with Gasteiger partial charge in [0.15, 0.2) is 5.78 Å². The van der Waals surface area contributed by atoms with Crippen molar-refractivity contribution in [2.75, 3.05) is 18.1 Å². The molecule has 0 atom stereocenters. The summed E-state index contributed by atoms with van der Waals surface area (Å²) < 4.78 is 5.62. The Bertz CT molecular complexity index is 426. The normalized spacial score (nSPS) is 14.5. The second-order valence-corrected chi connectivity index (χ2v) is 4.59. The maximum Gasteiger partial charge on any atom is 0.162 e. The van der Waals surface area contributed by atoms with Crippen LogP contribution in [0.4, 0.5) is 5.69 Å². The van der Waals surface area contributed by atoms with Crippen LogP contribution in [0, 0.1) is 0 Å². The van der Waals surface area contributed by atoms with Crippen molar-refractivity contribution in [3.8, 4) is 5.75 Å². The predicted octanol–water partition coefficient (Wildman–Crippen LogP) is 2.89. The first-order chi connectivity index (χ1) is 8.13. The number of carbonyl (C=O) groups excluding carboxylic acids is 1. The SMILES string of the molecule is CCC(=O)c1ccc2c(c1)N(C(C)C)CCO2. The number of rotatable bonds is 3. The molecular weight excluding hydrogens is 214 g/mol. The van der Waals surface area contributed by atoms with Crippen molar-refractivity contribution in [3.63, 3.8) is 0 Å². The van der Waals surface area contributed by atoms with Crippen molar-refractivity contribution in [1.82, 2.24) is 0 Å². The minimum absolute atomic E-state index is 0.182. The van der Waals surface area contributed by atoms with Crippen LogP contribution in [0.2, 0.25) is 0 Å². The molecule has 1 aliphatic heterocycles. The number of fused-ring (bicyclic) bond motifs is 1. The largest absolute Gasteiger partial charge is 0.490 e. The van der Waals surface area contributed by atoms with Gasteiger partial charge >= 0.3 is 0 Å². The van der Waals surface area contributed by atoms with Gasteiger partial charge in [-0.3, -0.25) is 4.79 Å². The molecule has 92 valence electrons. The van der Waals surface area contributed by atoms with Crippen LogP contribution in [0.15, 0.2) is 18.2 Å². The van der Waals surface area contributed by atoms with E-state index in [1.807, 2.05) is 25.1 Å². The Labute approximate surface area is 102 Å². The Balaban J connectivity index is 2.40. The monoisotopic (exact) mass is 233 g/mol. The standard InChI is InChI=1S/C14H19NO2/c1-4-13(16)11-5-6-14-12(9-11)15(10(2)3)7-8-17-14/h5-6,9-10H,4,7-8H2,1-3H3. The van der Waals surface area contributed by atoms with Gasteiger partial charge in [-0.15, -0.1) is 0 Å². The zero-order valence-corrected chi connectivity index (χ0v) is 10.7. The van der Waals surface area contributed by atoms with E-state index in [0.717, 1.165) is 23.5 Å². The van der Waals surface area contributed by atoms with Gasteiger partial charge in [-0.2, -0.15) is 0 Å². The summed E-state index contributed by atoms with van der Waals surface area (Å²) in [6.45, 7) is 7.80. The summed E-state index contributed by atoms with van der Waals surface area (Å²) in [6, 6.07) is 6.14. The van der Waals surface area contributed by atoms with Crippen LogP contribution in [0.5, 0.6) is 5.75 Å². The fourth-order valence-electron chi connectivity index (χ4n) is 2.15. The lowest BCUT2D eigenvalue weighted by Gasteiger charge is -2.34. The summed E-state index contributed by atoms with van der Waals surface area (Å²) in [5, 5.41) is 0. The molecule has 0 spiro atoms. The molecule has 0 N–H and O–H groups in total. The van der Waals surface area contributed by atoms with E-state index in [1.54, 1.807) is 0 Å². The molecule has 2 rings (SSSR count). The van der Waals surface area contributed by atoms with E-state index in [2.05, 4.69) is 18.7 Å². The summed E-state index contributed by atoms with van der Waals surface area (Å²) in [5.74, 6) is 1.07. The highest BCUT2D eigenvalue weighted by Crippen LogP contribution is 2.33. The van der Waals surface area contributed by atoms with E-state index in [9.17, 15) is 4.79 Å². The van der Waals surface area contributed by atoms with Gasteiger partial charge in [0.25, 0.3) is 0 Å². The topological polar surface area (TPSA) is 29.5 Å². The lowest BCUT2D eigenvalue weighted by Crippen LogP contribution is -2.38. The first kappa shape index (κ1) is 12.0. The first-order valence-corrected chi connectivity index (χ1v) is 6.20. The number of ketones is 1. The maximum absolute atomic E-state index is 11.7. The molecule has 0 fully saturated rings. The average Bonchev–Trinajstić information content (AvgIpc) is 2.36. The second-order valence-electron chi connectivity index (χ2n) is 4.59. The minimum atomic E-state index is 0.182. The highest BCUT2D eigenvalue weighted by Gasteiger charge is 2.21. The summed E-state index contributed by atoms with van der Waals surface area (Å²) in [4.78, 5) is 14.0. The van der Waals surface area contributed by atoms with Gasteiger partial charge in [0.1, 0.15) is 12.4 Å². The lowest BCUT2D eigenvalue weighted by atomic mass is 10.1. The van der Waals surface area contributed by atoms with Crippen molar-refractivity contribution >= 4 is 11.5 Å². The van der Waals surface area contributed by atoms with Crippen LogP contribution in [0.25, 0.3) is 0 Å². The van der Waals surface area contributed by atoms with Gasteiger partial charge in [0.05, 0.1) is 12.2 Å². The Morgan fingerprint density at radius 3 is 2.88 bits per heavy atom. The molecule has 0 amide bonds. The van der Waals surface area contributed by atoms with Crippen LogP contribution in [-0.4, -0.2) is 25.0 Å². The third-order valence-electron chi connectivity index (χ3n) is 3.12. The van der Waals surface area contributed by atoms with E-state index in [-0.39, 0.29) is 5.78 Å². The van der Waals surface area contributed by atoms with Crippen molar-refractivity contribution in [2.45, 2.75) is 33.2 Å². The summed E-state index contributed by atoms with van der Waals surface area (Å²) in [5.41, 5.74) is 1.83. The molecule has 0 bridgehead atoms. The van der Waals surface area contributed by atoms with Gasteiger partial charge in [-0.25, -0.2) is 0 Å². The number of Topliss-reactive ketones (excluding diaryl/α,β-unsaturated/α-hetero) is 1. The van der Waals surface area contributed by atoms with E-state index >= 15 is 0 Å². The zero-order chi connectivity index (χ0) is 12.4. The van der Waals surface area contributed by atoms with Crippen LogP contribution < -0.4 is 9.64 Å². The lowest BCUT2D eigenvalue weighted by molar-refractivity contribution is 0.0988. The molecule has 3 heteroatoms. The predicted molar refractivity (Wildman–Crippen MR) is 69.0 cm³/mol. The smallest absolute Gasteiger partial charge is 0.162 e. The van der Waals surface area contributed by atoms with E-state index < -0.39 is 0 Å². The summed E-state index contributed by atoms with van der Waals surface area (Å²) in [7, 11) is 0. The second kappa shape index (κ2) is 4.78. The Kier molecular flexibility index (Phi) is 3.36. The van der Waals surface area contributed by atoms with Gasteiger partial charge in [-0.05, 0) is 32.0 Å². The number of hydrogen-bond acceptors (Lipinski definition) is 3. The molecule has 0 aliphatic carbocycles. The Morgan fingerprint density at radius 1 is 1.47 bits per heavy atom. The molecule has 0 saturated carbocycles. The molecule has 17 heavy (non-hydrogen) atoms. The van der Waals surface area contributed by atoms with E-state index in [0.29, 0.717) is 19.1 Å². The minimum Gasteiger partial charge on any atom is -0.490 e. The van der Waals surface area contributed by atoms with Crippen molar-refractivity contribution in [3.05, 3.63) is 23.8 Å². The highest BCUT2D eigenvalue weighted by molar-refractivity contribution is 5.97. The molecular formula is C14H19NO2. The van der Waals surface area contributed by atoms with Gasteiger partial charge in [0.2, 0.25) is 0 Å². The molecule has 0 aromatic heterocycles. The molecule has 0 saturated heterocycles. The number of ether oxygens (including phenoxy) is 1. The fourth-order valence-corrected chi connectivity index (χ4v) is 2.15. The Morgan fingerprint density at radius 2 is 2.24 bits per heavy atom. The van der Waals surface area contributed by atoms with Gasteiger partial charge in [0, 0.05) is 18.0 Å². The van der Waals surface area contributed by atoms with Crippen molar-refractivity contribution in [1.29, 1.82) is 0 Å². The molecule has 1 aliphatic rings. The third-order valence-corrected chi connectivity index (χ3v) is 3.12. The average molecular weight is 233 g/mol. The zero-order valence-electron chi connectivity index (χ0n) is 10.7. The van der Waals surface area contributed by atoms with Crippen molar-refractivity contribution < 1.29 is 9.53 Å². The van der Waals surface area contributed by atoms with Crippen molar-refractivity contribution in [2.24, 2.45) is 0 Å². The molecule has 0 unspecified atom stereocenters. The number of benzene rings is 1. The molecule has 1 aromatic rings. The van der Waals surface area contributed by atoms with Crippen LogP contribution in [0.3, 0.4) is 0 Å². The van der Waals surface area contributed by atoms with E-state index in [4.69, 9.17) is 4.74 Å². The van der Waals surface area contributed by atoms with Gasteiger partial charge < -0.3 is 9.64 Å². The summed E-state index contributed by atoms with van der Waals surface area (Å²) >= 11 is 0. The molecule has 1 aromatic carbocycles. The summed E-state index contributed by atoms with van der Waals surface area (Å²) in [6.07, 6.45) is 0.543. The quantitative estimate of drug-likeness (QED) is 0.752. The third kappa shape index (κ3) is 2.28. The molecule has 0 radical (unpaired) electrons. The van der Waals surface area contributed by atoms with E-state index in [1.165, 1.54) is 0 Å². The number of anilines is 1. The fraction of sp³-hybridized carbons (Fsp3) is 0.500. The Hall–Kier alpha value is -1.51. The molecule has 1 heterocycles. The van der Waals surface area contributed by atoms with Gasteiger partial charge in [-0.1, -0.05) is 6.92 Å². The maximum atomic E-state index is 11.7. The highest BCUT2D eigenvalue weighted by atomic mass is 16.5. The van der Waals surface area contributed by atoms with Crippen LogP contribution >= 0.6 is 0 Å². The van der Waals surface area contributed by atoms with Crippen LogP contribution in [0.1, 0.15) is 37.6 Å².